The summed E-state index contributed by atoms with van der Waals surface area (Å²) in [5, 5.41) is 20.1. The third-order valence-electron chi connectivity index (χ3n) is 8.04. The quantitative estimate of drug-likeness (QED) is 0.194. The van der Waals surface area contributed by atoms with E-state index >= 15 is 0 Å². The minimum absolute atomic E-state index is 0.177. The number of aliphatic hydroxyl groups is 1. The molecule has 3 aromatic carbocycles. The van der Waals surface area contributed by atoms with Crippen LogP contribution in [0.25, 0.3) is 21.8 Å². The molecule has 6 rings (SSSR count). The largest absolute Gasteiger partial charge is 0.390 e. The van der Waals surface area contributed by atoms with Gasteiger partial charge in [-0.25, -0.2) is 0 Å². The van der Waals surface area contributed by atoms with Crippen molar-refractivity contribution in [2.24, 2.45) is 0 Å². The fraction of sp³-hybridized carbons (Fsp3) is 0.294. The maximum absolute atomic E-state index is 13.8. The number of aliphatic hydroxyl groups excluding tert-OH is 1. The van der Waals surface area contributed by atoms with Crippen LogP contribution in [0, 0.1) is 0 Å². The lowest BCUT2D eigenvalue weighted by Crippen LogP contribution is -2.48. The fourth-order valence-corrected chi connectivity index (χ4v) is 6.62. The molecular formula is C34H37N5O2S. The van der Waals surface area contributed by atoms with Gasteiger partial charge in [0.2, 0.25) is 0 Å². The molecule has 0 unspecified atom stereocenters. The molecule has 0 aliphatic carbocycles. The van der Waals surface area contributed by atoms with Gasteiger partial charge in [0.05, 0.1) is 28.9 Å². The Bertz CT molecular complexity index is 1700. The van der Waals surface area contributed by atoms with Gasteiger partial charge < -0.3 is 24.6 Å². The molecule has 0 saturated carbocycles. The van der Waals surface area contributed by atoms with E-state index in [-0.39, 0.29) is 5.91 Å². The summed E-state index contributed by atoms with van der Waals surface area (Å²) >= 11 is 1.76. The van der Waals surface area contributed by atoms with E-state index in [1.165, 1.54) is 11.1 Å². The van der Waals surface area contributed by atoms with E-state index in [0.717, 1.165) is 51.8 Å². The molecule has 1 aliphatic rings. The van der Waals surface area contributed by atoms with Gasteiger partial charge in [-0.2, -0.15) is 0 Å². The third-order valence-corrected chi connectivity index (χ3v) is 8.99. The number of carbonyl (C=O) groups excluding carboxylic acids is 1. The number of carbonyl (C=O) groups is 1. The standard InChI is InChI=1S/C34H37N5O2S/c1-3-25-22-39-13-14-42-38(2)31-18-27(17-28(25)33(31)39)34(41)37-30(16-23-9-5-4-6-10-23)32(40)21-35-19-24-15-26-11-7-8-12-29(26)36-20-24/h4-12,15,17-18,20,22,30,32,35,40H,3,13-14,16,19,21H2,1-2H3,(H,37,41)/t30-,32+/m0/s1. The van der Waals surface area contributed by atoms with Gasteiger partial charge >= 0.3 is 0 Å². The van der Waals surface area contributed by atoms with Gasteiger partial charge in [-0.1, -0.05) is 55.5 Å². The molecule has 42 heavy (non-hydrogen) atoms. The highest BCUT2D eigenvalue weighted by Gasteiger charge is 2.25. The molecule has 7 nitrogen and oxygen atoms in total. The molecule has 0 bridgehead atoms. The van der Waals surface area contributed by atoms with Crippen LogP contribution in [0.2, 0.25) is 0 Å². The molecule has 3 N–H and O–H groups in total. The van der Waals surface area contributed by atoms with Crippen LogP contribution in [0.5, 0.6) is 0 Å². The molecule has 1 aliphatic heterocycles. The molecule has 1 amide bonds. The topological polar surface area (TPSA) is 82.4 Å². The molecule has 0 saturated heterocycles. The lowest BCUT2D eigenvalue weighted by molar-refractivity contribution is 0.0830. The SMILES string of the molecule is CCc1cn2c3c(cc(C(=O)N[C@@H](Cc4ccccc4)[C@H](O)CNCc4cnc5ccccc5c4)cc13)N(C)SCC2. The minimum Gasteiger partial charge on any atom is -0.390 e. The highest BCUT2D eigenvalue weighted by Crippen LogP contribution is 2.37. The molecule has 3 heterocycles. The monoisotopic (exact) mass is 579 g/mol. The maximum Gasteiger partial charge on any atom is 0.251 e. The minimum atomic E-state index is -0.793. The number of hydrogen-bond acceptors (Lipinski definition) is 6. The van der Waals surface area contributed by atoms with Gasteiger partial charge in [-0.15, -0.1) is 0 Å². The number of nitrogens with zero attached hydrogens (tertiary/aromatic N) is 3. The Morgan fingerprint density at radius 2 is 1.88 bits per heavy atom. The Morgan fingerprint density at radius 1 is 1.07 bits per heavy atom. The van der Waals surface area contributed by atoms with E-state index in [0.29, 0.717) is 25.1 Å². The van der Waals surface area contributed by atoms with Crippen molar-refractivity contribution in [1.82, 2.24) is 20.2 Å². The summed E-state index contributed by atoms with van der Waals surface area (Å²) in [5.41, 5.74) is 7.15. The molecule has 0 radical (unpaired) electrons. The molecule has 5 aromatic rings. The number of nitrogens with one attached hydrogen (secondary N) is 2. The Hall–Kier alpha value is -3.85. The van der Waals surface area contributed by atoms with Crippen LogP contribution in [0.4, 0.5) is 5.69 Å². The maximum atomic E-state index is 13.8. The van der Waals surface area contributed by atoms with Gasteiger partial charge in [0.15, 0.2) is 0 Å². The van der Waals surface area contributed by atoms with Crippen molar-refractivity contribution in [3.05, 3.63) is 107 Å². The summed E-state index contributed by atoms with van der Waals surface area (Å²) in [7, 11) is 2.06. The van der Waals surface area contributed by atoms with Crippen molar-refractivity contribution in [3.8, 4) is 0 Å². The van der Waals surface area contributed by atoms with Crippen LogP contribution < -0.4 is 14.9 Å². The van der Waals surface area contributed by atoms with Gasteiger partial charge in [-0.05, 0) is 65.7 Å². The van der Waals surface area contributed by atoms with Crippen molar-refractivity contribution in [3.63, 3.8) is 0 Å². The van der Waals surface area contributed by atoms with Crippen molar-refractivity contribution in [2.45, 2.75) is 45.0 Å². The second-order valence-corrected chi connectivity index (χ2v) is 12.1. The first-order valence-corrected chi connectivity index (χ1v) is 15.5. The number of aryl methyl sites for hydroxylation is 2. The number of benzene rings is 3. The Labute approximate surface area is 251 Å². The zero-order valence-corrected chi connectivity index (χ0v) is 24.9. The average molecular weight is 580 g/mol. The molecule has 2 aromatic heterocycles. The normalized spacial score (nSPS) is 14.6. The number of pyridine rings is 1. The number of amides is 1. The lowest BCUT2D eigenvalue weighted by Gasteiger charge is -2.25. The van der Waals surface area contributed by atoms with E-state index < -0.39 is 12.1 Å². The zero-order chi connectivity index (χ0) is 29.1. The summed E-state index contributed by atoms with van der Waals surface area (Å²) in [4.78, 5) is 18.4. The van der Waals surface area contributed by atoms with Crippen LogP contribution in [0.1, 0.15) is 34.0 Å². The van der Waals surface area contributed by atoms with Crippen molar-refractivity contribution < 1.29 is 9.90 Å². The van der Waals surface area contributed by atoms with Crippen LogP contribution in [-0.2, 0) is 25.9 Å². The smallest absolute Gasteiger partial charge is 0.251 e. The molecule has 0 fully saturated rings. The number of anilines is 1. The average Bonchev–Trinajstić information content (AvgIpc) is 3.29. The van der Waals surface area contributed by atoms with Crippen LogP contribution >= 0.6 is 11.9 Å². The molecular weight excluding hydrogens is 542 g/mol. The first kappa shape index (κ1) is 28.3. The van der Waals surface area contributed by atoms with E-state index in [4.69, 9.17) is 0 Å². The van der Waals surface area contributed by atoms with Crippen molar-refractivity contribution >= 4 is 45.3 Å². The van der Waals surface area contributed by atoms with Gasteiger partial charge in [-0.3, -0.25) is 9.78 Å². The Morgan fingerprint density at radius 3 is 2.71 bits per heavy atom. The van der Waals surface area contributed by atoms with Crippen molar-refractivity contribution in [1.29, 1.82) is 0 Å². The van der Waals surface area contributed by atoms with Gasteiger partial charge in [0.1, 0.15) is 0 Å². The summed E-state index contributed by atoms with van der Waals surface area (Å²) in [6.45, 7) is 4.00. The molecule has 2 atom stereocenters. The van der Waals surface area contributed by atoms with E-state index in [9.17, 15) is 9.90 Å². The van der Waals surface area contributed by atoms with E-state index in [1.807, 2.05) is 72.9 Å². The van der Waals surface area contributed by atoms with Crippen molar-refractivity contribution in [2.75, 3.05) is 23.7 Å². The second-order valence-electron chi connectivity index (χ2n) is 10.9. The lowest BCUT2D eigenvalue weighted by atomic mass is 9.99. The van der Waals surface area contributed by atoms with Crippen LogP contribution in [-0.4, -0.2) is 52.1 Å². The van der Waals surface area contributed by atoms with Gasteiger partial charge in [0.25, 0.3) is 5.91 Å². The van der Waals surface area contributed by atoms with Gasteiger partial charge in [0, 0.05) is 61.2 Å². The van der Waals surface area contributed by atoms with E-state index in [2.05, 4.69) is 50.7 Å². The van der Waals surface area contributed by atoms with E-state index in [1.54, 1.807) is 11.9 Å². The Kier molecular flexibility index (Phi) is 8.46. The summed E-state index contributed by atoms with van der Waals surface area (Å²) < 4.78 is 4.49. The van der Waals surface area contributed by atoms with Crippen LogP contribution in [0.15, 0.2) is 85.2 Å². The predicted octanol–water partition coefficient (Wildman–Crippen LogP) is 5.34. The molecule has 216 valence electrons. The zero-order valence-electron chi connectivity index (χ0n) is 24.1. The first-order valence-electron chi connectivity index (χ1n) is 14.6. The summed E-state index contributed by atoms with van der Waals surface area (Å²) in [6.07, 6.45) is 4.72. The summed E-state index contributed by atoms with van der Waals surface area (Å²) in [6, 6.07) is 23.7. The predicted molar refractivity (Wildman–Crippen MR) is 173 cm³/mol. The number of rotatable bonds is 10. The molecule has 8 heteroatoms. The fourth-order valence-electron chi connectivity index (χ4n) is 5.79. The highest BCUT2D eigenvalue weighted by atomic mass is 32.2. The first-order chi connectivity index (χ1) is 20.5. The second kappa shape index (κ2) is 12.6. The number of aromatic nitrogens is 2. The number of fused-ring (bicyclic) bond motifs is 1. The third kappa shape index (κ3) is 6.02. The summed E-state index contributed by atoms with van der Waals surface area (Å²) in [5.74, 6) is 0.803. The number of hydrogen-bond donors (Lipinski definition) is 3. The Balaban J connectivity index is 1.21. The van der Waals surface area contributed by atoms with Crippen LogP contribution in [0.3, 0.4) is 0 Å². The highest BCUT2D eigenvalue weighted by molar-refractivity contribution is 8.00. The molecule has 0 spiro atoms. The number of para-hydroxylation sites is 1.